The third kappa shape index (κ3) is 4.34. The van der Waals surface area contributed by atoms with Gasteiger partial charge in [0.1, 0.15) is 12.1 Å². The maximum absolute atomic E-state index is 11.0. The van der Waals surface area contributed by atoms with Crippen LogP contribution in [-0.2, 0) is 9.53 Å². The molecule has 0 aromatic rings. The van der Waals surface area contributed by atoms with Gasteiger partial charge < -0.3 is 10.5 Å². The fourth-order valence-electron chi connectivity index (χ4n) is 0.940. The van der Waals surface area contributed by atoms with Crippen LogP contribution in [0.3, 0.4) is 0 Å². The second kappa shape index (κ2) is 6.00. The maximum atomic E-state index is 11.0. The number of ether oxygens (including phenoxy) is 1. The molecule has 72 valence electrons. The monoisotopic (exact) mass is 173 g/mol. The van der Waals surface area contributed by atoms with Gasteiger partial charge in [0, 0.05) is 0 Å². The first kappa shape index (κ1) is 11.4. The molecule has 0 spiro atoms. The Morgan fingerprint density at radius 3 is 2.42 bits per heavy atom. The average molecular weight is 173 g/mol. The summed E-state index contributed by atoms with van der Waals surface area (Å²) in [6.07, 6.45) is 2.87. The molecule has 0 aromatic heterocycles. The van der Waals surface area contributed by atoms with E-state index < -0.39 is 6.04 Å². The van der Waals surface area contributed by atoms with E-state index in [1.54, 1.807) is 6.92 Å². The van der Waals surface area contributed by atoms with Crippen LogP contribution in [0.2, 0.25) is 0 Å². The smallest absolute Gasteiger partial charge is 0.322 e. The number of esters is 1. The summed E-state index contributed by atoms with van der Waals surface area (Å²) in [6.45, 7) is 5.72. The molecule has 0 aliphatic rings. The Morgan fingerprint density at radius 2 is 2.08 bits per heavy atom. The van der Waals surface area contributed by atoms with E-state index in [0.717, 1.165) is 19.3 Å². The van der Waals surface area contributed by atoms with E-state index in [4.69, 9.17) is 10.5 Å². The topological polar surface area (TPSA) is 52.3 Å². The molecule has 3 heteroatoms. The second-order valence-corrected chi connectivity index (χ2v) is 3.04. The number of nitrogens with two attached hydrogens (primary N) is 1. The first-order valence-electron chi connectivity index (χ1n) is 4.57. The van der Waals surface area contributed by atoms with Gasteiger partial charge in [0.15, 0.2) is 0 Å². The number of hydrogen-bond acceptors (Lipinski definition) is 3. The summed E-state index contributed by atoms with van der Waals surface area (Å²) in [7, 11) is 0. The largest absolute Gasteiger partial charge is 0.461 e. The van der Waals surface area contributed by atoms with Crippen molar-refractivity contribution < 1.29 is 9.53 Å². The molecule has 0 saturated carbocycles. The van der Waals surface area contributed by atoms with Crippen molar-refractivity contribution >= 4 is 5.97 Å². The lowest BCUT2D eigenvalue weighted by Gasteiger charge is -2.16. The Kier molecular flexibility index (Phi) is 5.72. The molecule has 0 heterocycles. The molecule has 0 rings (SSSR count). The molecule has 2 N–H and O–H groups in total. The van der Waals surface area contributed by atoms with Crippen LogP contribution in [0.1, 0.15) is 40.0 Å². The highest BCUT2D eigenvalue weighted by molar-refractivity contribution is 5.75. The van der Waals surface area contributed by atoms with E-state index in [0.29, 0.717) is 0 Å². The molecular formula is C9H19NO2. The molecule has 0 radical (unpaired) electrons. The van der Waals surface area contributed by atoms with Crippen LogP contribution in [0.25, 0.3) is 0 Å². The van der Waals surface area contributed by atoms with Gasteiger partial charge in [0.25, 0.3) is 0 Å². The highest BCUT2D eigenvalue weighted by Gasteiger charge is 2.14. The standard InChI is InChI=1S/C9H19NO2/c1-4-6-8(5-2)12-9(11)7(3)10/h7-8H,4-6,10H2,1-3H3/t7?,8-/m0/s1. The van der Waals surface area contributed by atoms with Crippen LogP contribution in [-0.4, -0.2) is 18.1 Å². The van der Waals surface area contributed by atoms with Gasteiger partial charge in [-0.1, -0.05) is 20.3 Å². The van der Waals surface area contributed by atoms with Crippen molar-refractivity contribution in [1.82, 2.24) is 0 Å². The summed E-state index contributed by atoms with van der Waals surface area (Å²) in [6, 6.07) is -0.504. The Morgan fingerprint density at radius 1 is 1.50 bits per heavy atom. The fraction of sp³-hybridized carbons (Fsp3) is 0.889. The number of hydrogen-bond donors (Lipinski definition) is 1. The average Bonchev–Trinajstić information content (AvgIpc) is 2.03. The zero-order valence-electron chi connectivity index (χ0n) is 8.17. The summed E-state index contributed by atoms with van der Waals surface area (Å²) in [4.78, 5) is 11.0. The van der Waals surface area contributed by atoms with Gasteiger partial charge in [0.2, 0.25) is 0 Å². The van der Waals surface area contributed by atoms with E-state index in [2.05, 4.69) is 6.92 Å². The van der Waals surface area contributed by atoms with Crippen LogP contribution in [0.4, 0.5) is 0 Å². The minimum atomic E-state index is -0.504. The molecule has 0 bridgehead atoms. The molecule has 0 aromatic carbocycles. The van der Waals surface area contributed by atoms with Crippen molar-refractivity contribution in [3.05, 3.63) is 0 Å². The SMILES string of the molecule is CCC[C@H](CC)OC(=O)C(C)N. The molecular weight excluding hydrogens is 154 g/mol. The summed E-state index contributed by atoms with van der Waals surface area (Å²) in [5.74, 6) is -0.296. The van der Waals surface area contributed by atoms with E-state index >= 15 is 0 Å². The maximum Gasteiger partial charge on any atom is 0.322 e. The van der Waals surface area contributed by atoms with Crippen molar-refractivity contribution in [2.45, 2.75) is 52.2 Å². The highest BCUT2D eigenvalue weighted by atomic mass is 16.5. The van der Waals surface area contributed by atoms with Gasteiger partial charge in [-0.2, -0.15) is 0 Å². The van der Waals surface area contributed by atoms with Crippen molar-refractivity contribution in [1.29, 1.82) is 0 Å². The molecule has 0 amide bonds. The fourth-order valence-corrected chi connectivity index (χ4v) is 0.940. The predicted octanol–water partition coefficient (Wildman–Crippen LogP) is 1.46. The van der Waals surface area contributed by atoms with Gasteiger partial charge in [-0.3, -0.25) is 4.79 Å². The number of rotatable bonds is 5. The van der Waals surface area contributed by atoms with E-state index in [9.17, 15) is 4.79 Å². The van der Waals surface area contributed by atoms with Crippen LogP contribution >= 0.6 is 0 Å². The third-order valence-electron chi connectivity index (χ3n) is 1.72. The predicted molar refractivity (Wildman–Crippen MR) is 48.7 cm³/mol. The van der Waals surface area contributed by atoms with Crippen molar-refractivity contribution in [2.24, 2.45) is 5.73 Å². The molecule has 12 heavy (non-hydrogen) atoms. The summed E-state index contributed by atoms with van der Waals surface area (Å²) >= 11 is 0. The van der Waals surface area contributed by atoms with Gasteiger partial charge in [0.05, 0.1) is 0 Å². The molecule has 0 aliphatic carbocycles. The summed E-state index contributed by atoms with van der Waals surface area (Å²) in [5.41, 5.74) is 5.36. The van der Waals surface area contributed by atoms with Crippen molar-refractivity contribution in [2.75, 3.05) is 0 Å². The van der Waals surface area contributed by atoms with Crippen molar-refractivity contribution in [3.8, 4) is 0 Å². The zero-order chi connectivity index (χ0) is 9.56. The lowest BCUT2D eigenvalue weighted by molar-refractivity contribution is -0.150. The van der Waals surface area contributed by atoms with Crippen LogP contribution in [0.5, 0.6) is 0 Å². The van der Waals surface area contributed by atoms with Crippen LogP contribution in [0, 0.1) is 0 Å². The first-order valence-corrected chi connectivity index (χ1v) is 4.57. The van der Waals surface area contributed by atoms with Gasteiger partial charge in [-0.25, -0.2) is 0 Å². The Hall–Kier alpha value is -0.570. The number of carbonyl (C=O) groups is 1. The molecule has 0 fully saturated rings. The van der Waals surface area contributed by atoms with E-state index in [1.807, 2.05) is 6.92 Å². The first-order chi connectivity index (χ1) is 5.61. The molecule has 0 saturated heterocycles. The highest BCUT2D eigenvalue weighted by Crippen LogP contribution is 2.06. The van der Waals surface area contributed by atoms with Gasteiger partial charge >= 0.3 is 5.97 Å². The second-order valence-electron chi connectivity index (χ2n) is 3.04. The van der Waals surface area contributed by atoms with E-state index in [-0.39, 0.29) is 12.1 Å². The van der Waals surface area contributed by atoms with Gasteiger partial charge in [-0.15, -0.1) is 0 Å². The molecule has 1 unspecified atom stereocenters. The quantitative estimate of drug-likeness (QED) is 0.640. The normalized spacial score (nSPS) is 15.3. The zero-order valence-corrected chi connectivity index (χ0v) is 8.17. The van der Waals surface area contributed by atoms with Crippen LogP contribution in [0.15, 0.2) is 0 Å². The lowest BCUT2D eigenvalue weighted by Crippen LogP contribution is -2.32. The minimum Gasteiger partial charge on any atom is -0.461 e. The molecule has 3 nitrogen and oxygen atoms in total. The lowest BCUT2D eigenvalue weighted by atomic mass is 10.1. The molecule has 0 aliphatic heterocycles. The Balaban J connectivity index is 3.77. The molecule has 2 atom stereocenters. The Bertz CT molecular complexity index is 134. The Labute approximate surface area is 74.3 Å². The minimum absolute atomic E-state index is 0.0495. The van der Waals surface area contributed by atoms with E-state index in [1.165, 1.54) is 0 Å². The summed E-state index contributed by atoms with van der Waals surface area (Å²) < 4.78 is 5.14. The van der Waals surface area contributed by atoms with Crippen molar-refractivity contribution in [3.63, 3.8) is 0 Å². The third-order valence-corrected chi connectivity index (χ3v) is 1.72. The van der Waals surface area contributed by atoms with Crippen LogP contribution < -0.4 is 5.73 Å². The summed E-state index contributed by atoms with van der Waals surface area (Å²) in [5, 5.41) is 0. The number of carbonyl (C=O) groups excluding carboxylic acids is 1. The van der Waals surface area contributed by atoms with Gasteiger partial charge in [-0.05, 0) is 19.8 Å².